The normalized spacial score (nSPS) is 10.7. The molecule has 0 spiro atoms. The summed E-state index contributed by atoms with van der Waals surface area (Å²) in [6.07, 6.45) is 1.39. The molecule has 0 N–H and O–H groups in total. The average molecular weight is 263 g/mol. The van der Waals surface area contributed by atoms with Crippen LogP contribution in [0.2, 0.25) is 5.15 Å². The van der Waals surface area contributed by atoms with Gasteiger partial charge in [0.05, 0.1) is 0 Å². The molecule has 0 saturated carbocycles. The molecule has 0 aliphatic carbocycles. The van der Waals surface area contributed by atoms with Crippen LogP contribution in [-0.2, 0) is 0 Å². The van der Waals surface area contributed by atoms with Crippen molar-refractivity contribution in [2.75, 3.05) is 0 Å². The fourth-order valence-electron chi connectivity index (χ4n) is 1.69. The summed E-state index contributed by atoms with van der Waals surface area (Å²) in [6.45, 7) is 6.29. The minimum Gasteiger partial charge on any atom is -0.439 e. The van der Waals surface area contributed by atoms with Crippen molar-refractivity contribution in [3.63, 3.8) is 0 Å². The Hall–Kier alpha value is -1.61. The highest BCUT2D eigenvalue weighted by Gasteiger charge is 2.10. The van der Waals surface area contributed by atoms with Crippen LogP contribution in [0.3, 0.4) is 0 Å². The third-order valence-corrected chi connectivity index (χ3v) is 2.82. The molecular formula is C14H15ClN2O. The van der Waals surface area contributed by atoms with Gasteiger partial charge < -0.3 is 4.74 Å². The van der Waals surface area contributed by atoms with Crippen LogP contribution in [0.5, 0.6) is 11.6 Å². The van der Waals surface area contributed by atoms with E-state index in [1.807, 2.05) is 13.0 Å². The molecule has 2 aromatic rings. The first-order chi connectivity index (χ1) is 8.56. The molecule has 0 aliphatic rings. The predicted molar refractivity (Wildman–Crippen MR) is 72.4 cm³/mol. The van der Waals surface area contributed by atoms with Gasteiger partial charge in [0.1, 0.15) is 17.2 Å². The van der Waals surface area contributed by atoms with Crippen LogP contribution in [0.1, 0.15) is 30.9 Å². The summed E-state index contributed by atoms with van der Waals surface area (Å²) in [5.74, 6) is 1.67. The van der Waals surface area contributed by atoms with Crippen molar-refractivity contribution in [2.24, 2.45) is 0 Å². The lowest BCUT2D eigenvalue weighted by molar-refractivity contribution is 0.452. The number of halogens is 1. The number of hydrogen-bond acceptors (Lipinski definition) is 3. The summed E-state index contributed by atoms with van der Waals surface area (Å²) in [5, 5.41) is 0.374. The van der Waals surface area contributed by atoms with E-state index in [4.69, 9.17) is 16.3 Å². The Labute approximate surface area is 112 Å². The maximum atomic E-state index is 5.81. The van der Waals surface area contributed by atoms with Gasteiger partial charge in [-0.05, 0) is 30.0 Å². The van der Waals surface area contributed by atoms with Gasteiger partial charge in [-0.1, -0.05) is 37.6 Å². The highest BCUT2D eigenvalue weighted by molar-refractivity contribution is 6.29. The Bertz CT molecular complexity index is 555. The van der Waals surface area contributed by atoms with Crippen molar-refractivity contribution in [3.8, 4) is 11.6 Å². The van der Waals surface area contributed by atoms with Crippen LogP contribution in [0, 0.1) is 6.92 Å². The molecule has 1 aromatic carbocycles. The smallest absolute Gasteiger partial charge is 0.223 e. The zero-order chi connectivity index (χ0) is 13.1. The third-order valence-electron chi connectivity index (χ3n) is 2.61. The number of benzene rings is 1. The highest BCUT2D eigenvalue weighted by Crippen LogP contribution is 2.31. The maximum Gasteiger partial charge on any atom is 0.223 e. The second kappa shape index (κ2) is 5.36. The SMILES string of the molecule is Cc1ccc(C(C)C)c(Oc2cc(Cl)ncn2)c1. The van der Waals surface area contributed by atoms with Crippen LogP contribution in [-0.4, -0.2) is 9.97 Å². The van der Waals surface area contributed by atoms with Gasteiger partial charge in [0.2, 0.25) is 5.88 Å². The van der Waals surface area contributed by atoms with Crippen LogP contribution >= 0.6 is 11.6 Å². The number of ether oxygens (including phenoxy) is 1. The lowest BCUT2D eigenvalue weighted by Gasteiger charge is -2.13. The molecular weight excluding hydrogens is 248 g/mol. The molecule has 18 heavy (non-hydrogen) atoms. The third kappa shape index (κ3) is 2.99. The largest absolute Gasteiger partial charge is 0.439 e. The van der Waals surface area contributed by atoms with Crippen LogP contribution in [0.25, 0.3) is 0 Å². The van der Waals surface area contributed by atoms with Crippen LogP contribution in [0.15, 0.2) is 30.6 Å². The minimum atomic E-state index is 0.374. The zero-order valence-electron chi connectivity index (χ0n) is 10.6. The van der Waals surface area contributed by atoms with Crippen molar-refractivity contribution < 1.29 is 4.74 Å². The van der Waals surface area contributed by atoms with E-state index in [1.165, 1.54) is 6.33 Å². The Balaban J connectivity index is 2.36. The maximum absolute atomic E-state index is 5.81. The van der Waals surface area contributed by atoms with Gasteiger partial charge >= 0.3 is 0 Å². The summed E-state index contributed by atoms with van der Waals surface area (Å²) in [6, 6.07) is 7.77. The summed E-state index contributed by atoms with van der Waals surface area (Å²) in [7, 11) is 0. The van der Waals surface area contributed by atoms with Gasteiger partial charge in [-0.2, -0.15) is 0 Å². The molecule has 0 fully saturated rings. The lowest BCUT2D eigenvalue weighted by atomic mass is 10.0. The molecule has 94 valence electrons. The molecule has 1 heterocycles. The summed E-state index contributed by atoms with van der Waals surface area (Å²) >= 11 is 5.81. The molecule has 1 aromatic heterocycles. The molecule has 0 saturated heterocycles. The van der Waals surface area contributed by atoms with Crippen molar-refractivity contribution in [3.05, 3.63) is 46.9 Å². The van der Waals surface area contributed by atoms with E-state index in [9.17, 15) is 0 Å². The fourth-order valence-corrected chi connectivity index (χ4v) is 1.83. The fraction of sp³-hybridized carbons (Fsp3) is 0.286. The van der Waals surface area contributed by atoms with E-state index in [-0.39, 0.29) is 0 Å². The van der Waals surface area contributed by atoms with Crippen molar-refractivity contribution in [2.45, 2.75) is 26.7 Å². The molecule has 0 atom stereocenters. The summed E-state index contributed by atoms with van der Waals surface area (Å²) in [5.41, 5.74) is 2.30. The molecule has 4 heteroatoms. The number of nitrogens with zero attached hydrogens (tertiary/aromatic N) is 2. The monoisotopic (exact) mass is 262 g/mol. The summed E-state index contributed by atoms with van der Waals surface area (Å²) < 4.78 is 5.80. The first kappa shape index (κ1) is 12.8. The Kier molecular flexibility index (Phi) is 3.82. The van der Waals surface area contributed by atoms with E-state index in [0.29, 0.717) is 17.0 Å². The van der Waals surface area contributed by atoms with E-state index < -0.39 is 0 Å². The standard InChI is InChI=1S/C14H15ClN2O/c1-9(2)11-5-4-10(3)6-12(11)18-14-7-13(15)16-8-17-14/h4-9H,1-3H3. The van der Waals surface area contributed by atoms with Gasteiger partial charge in [-0.25, -0.2) is 9.97 Å². The summed E-state index contributed by atoms with van der Waals surface area (Å²) in [4.78, 5) is 7.88. The van der Waals surface area contributed by atoms with Gasteiger partial charge in [0.15, 0.2) is 0 Å². The second-order valence-corrected chi connectivity index (χ2v) is 4.86. The molecule has 3 nitrogen and oxygen atoms in total. The Morgan fingerprint density at radius 3 is 2.61 bits per heavy atom. The minimum absolute atomic E-state index is 0.374. The lowest BCUT2D eigenvalue weighted by Crippen LogP contribution is -1.96. The molecule has 0 amide bonds. The number of rotatable bonds is 3. The van der Waals surface area contributed by atoms with E-state index in [0.717, 1.165) is 16.9 Å². The molecule has 2 rings (SSSR count). The predicted octanol–water partition coefficient (Wildman–Crippen LogP) is 4.35. The number of aromatic nitrogens is 2. The average Bonchev–Trinajstić information content (AvgIpc) is 2.28. The van der Waals surface area contributed by atoms with E-state index >= 15 is 0 Å². The van der Waals surface area contributed by atoms with Crippen molar-refractivity contribution >= 4 is 11.6 Å². The molecule has 0 unspecified atom stereocenters. The first-order valence-corrected chi connectivity index (χ1v) is 6.20. The van der Waals surface area contributed by atoms with Crippen LogP contribution in [0.4, 0.5) is 0 Å². The second-order valence-electron chi connectivity index (χ2n) is 4.48. The number of hydrogen-bond donors (Lipinski definition) is 0. The highest BCUT2D eigenvalue weighted by atomic mass is 35.5. The molecule has 0 radical (unpaired) electrons. The molecule has 0 bridgehead atoms. The Morgan fingerprint density at radius 2 is 1.94 bits per heavy atom. The van der Waals surface area contributed by atoms with Gasteiger partial charge in [0.25, 0.3) is 0 Å². The van der Waals surface area contributed by atoms with E-state index in [1.54, 1.807) is 6.07 Å². The van der Waals surface area contributed by atoms with Gasteiger partial charge in [-0.15, -0.1) is 0 Å². The van der Waals surface area contributed by atoms with Gasteiger partial charge in [-0.3, -0.25) is 0 Å². The van der Waals surface area contributed by atoms with E-state index in [2.05, 4.69) is 35.9 Å². The molecule has 0 aliphatic heterocycles. The van der Waals surface area contributed by atoms with Crippen molar-refractivity contribution in [1.29, 1.82) is 0 Å². The zero-order valence-corrected chi connectivity index (χ0v) is 11.4. The van der Waals surface area contributed by atoms with Crippen LogP contribution < -0.4 is 4.74 Å². The topological polar surface area (TPSA) is 35.0 Å². The van der Waals surface area contributed by atoms with Crippen molar-refractivity contribution in [1.82, 2.24) is 9.97 Å². The van der Waals surface area contributed by atoms with Gasteiger partial charge in [0, 0.05) is 6.07 Å². The Morgan fingerprint density at radius 1 is 1.17 bits per heavy atom. The quantitative estimate of drug-likeness (QED) is 0.771. The first-order valence-electron chi connectivity index (χ1n) is 5.82. The number of aryl methyl sites for hydroxylation is 1.